The number of rotatable bonds is 3. The minimum absolute atomic E-state index is 0.0340. The molecule has 2 N–H and O–H groups in total. The van der Waals surface area contributed by atoms with Crippen molar-refractivity contribution < 1.29 is 18.7 Å². The Kier molecular flexibility index (Phi) is 3.49. The number of carbonyl (C=O) groups is 1. The van der Waals surface area contributed by atoms with Crippen LogP contribution in [0.15, 0.2) is 12.1 Å². The topological polar surface area (TPSA) is 61.5 Å². The van der Waals surface area contributed by atoms with Crippen molar-refractivity contribution in [2.75, 3.05) is 19.5 Å². The Labute approximate surface area is 86.8 Å². The van der Waals surface area contributed by atoms with E-state index in [9.17, 15) is 9.18 Å². The molecule has 0 bridgehead atoms. The standard InChI is InChI=1S/C10H12FNO3/c1-3-15-10(13)6-4-9(14-2)7(11)5-8(6)12/h4-5H,3,12H2,1-2H3. The lowest BCUT2D eigenvalue weighted by molar-refractivity contribution is 0.0527. The Morgan fingerprint density at radius 3 is 2.73 bits per heavy atom. The molecule has 0 unspecified atom stereocenters. The Morgan fingerprint density at radius 1 is 1.53 bits per heavy atom. The van der Waals surface area contributed by atoms with E-state index in [0.29, 0.717) is 0 Å². The molecule has 4 nitrogen and oxygen atoms in total. The van der Waals surface area contributed by atoms with Gasteiger partial charge in [0.05, 0.1) is 19.3 Å². The third-order valence-electron chi connectivity index (χ3n) is 1.82. The molecular formula is C10H12FNO3. The van der Waals surface area contributed by atoms with E-state index in [1.807, 2.05) is 0 Å². The first-order chi connectivity index (χ1) is 7.10. The molecule has 5 heteroatoms. The highest BCUT2D eigenvalue weighted by atomic mass is 19.1. The van der Waals surface area contributed by atoms with Gasteiger partial charge in [0, 0.05) is 11.8 Å². The number of hydrogen-bond acceptors (Lipinski definition) is 4. The second-order valence-electron chi connectivity index (χ2n) is 2.79. The fraction of sp³-hybridized carbons (Fsp3) is 0.300. The maximum atomic E-state index is 13.1. The average Bonchev–Trinajstić information content (AvgIpc) is 2.18. The zero-order valence-electron chi connectivity index (χ0n) is 8.54. The summed E-state index contributed by atoms with van der Waals surface area (Å²) in [6.45, 7) is 1.91. The van der Waals surface area contributed by atoms with Gasteiger partial charge in [0.2, 0.25) is 0 Å². The van der Waals surface area contributed by atoms with Crippen molar-refractivity contribution in [3.63, 3.8) is 0 Å². The largest absolute Gasteiger partial charge is 0.494 e. The number of nitrogen functional groups attached to an aromatic ring is 1. The first-order valence-electron chi connectivity index (χ1n) is 4.40. The van der Waals surface area contributed by atoms with Crippen LogP contribution in [0.5, 0.6) is 5.75 Å². The molecule has 0 aliphatic carbocycles. The zero-order valence-corrected chi connectivity index (χ0v) is 8.54. The average molecular weight is 213 g/mol. The number of halogens is 1. The van der Waals surface area contributed by atoms with Gasteiger partial charge >= 0.3 is 5.97 Å². The van der Waals surface area contributed by atoms with Crippen molar-refractivity contribution in [3.8, 4) is 5.75 Å². The van der Waals surface area contributed by atoms with Crippen molar-refractivity contribution in [1.82, 2.24) is 0 Å². The number of anilines is 1. The molecule has 82 valence electrons. The number of esters is 1. The van der Waals surface area contributed by atoms with Gasteiger partial charge in [-0.1, -0.05) is 0 Å². The molecule has 0 heterocycles. The fourth-order valence-electron chi connectivity index (χ4n) is 1.11. The Morgan fingerprint density at radius 2 is 2.20 bits per heavy atom. The third kappa shape index (κ3) is 2.37. The number of carbonyl (C=O) groups excluding carboxylic acids is 1. The number of benzene rings is 1. The number of nitrogens with two attached hydrogens (primary N) is 1. The molecule has 0 saturated carbocycles. The normalized spacial score (nSPS) is 9.80. The minimum atomic E-state index is -0.608. The molecule has 1 aromatic carbocycles. The van der Waals surface area contributed by atoms with Crippen molar-refractivity contribution >= 4 is 11.7 Å². The molecule has 15 heavy (non-hydrogen) atoms. The molecule has 0 spiro atoms. The number of hydrogen-bond donors (Lipinski definition) is 1. The highest BCUT2D eigenvalue weighted by molar-refractivity contribution is 5.95. The van der Waals surface area contributed by atoms with E-state index >= 15 is 0 Å². The van der Waals surface area contributed by atoms with Crippen LogP contribution in [-0.4, -0.2) is 19.7 Å². The summed E-state index contributed by atoms with van der Waals surface area (Å²) in [5, 5.41) is 0. The van der Waals surface area contributed by atoms with Gasteiger partial charge < -0.3 is 15.2 Å². The summed E-state index contributed by atoms with van der Waals surface area (Å²) in [6, 6.07) is 2.26. The molecule has 1 aromatic rings. The second-order valence-corrected chi connectivity index (χ2v) is 2.79. The van der Waals surface area contributed by atoms with Gasteiger partial charge in [-0.15, -0.1) is 0 Å². The van der Waals surface area contributed by atoms with Crippen LogP contribution in [0.1, 0.15) is 17.3 Å². The van der Waals surface area contributed by atoms with Crippen LogP contribution in [0.25, 0.3) is 0 Å². The highest BCUT2D eigenvalue weighted by Gasteiger charge is 2.15. The highest BCUT2D eigenvalue weighted by Crippen LogP contribution is 2.24. The number of methoxy groups -OCH3 is 1. The quantitative estimate of drug-likeness (QED) is 0.611. The van der Waals surface area contributed by atoms with E-state index in [0.717, 1.165) is 6.07 Å². The van der Waals surface area contributed by atoms with Crippen molar-refractivity contribution in [1.29, 1.82) is 0 Å². The van der Waals surface area contributed by atoms with Crippen LogP contribution in [0.4, 0.5) is 10.1 Å². The molecule has 0 fully saturated rings. The fourth-order valence-corrected chi connectivity index (χ4v) is 1.11. The van der Waals surface area contributed by atoms with Gasteiger partial charge in [0.25, 0.3) is 0 Å². The summed E-state index contributed by atoms with van der Waals surface area (Å²) < 4.78 is 22.6. The van der Waals surface area contributed by atoms with E-state index < -0.39 is 11.8 Å². The van der Waals surface area contributed by atoms with Crippen LogP contribution in [0.3, 0.4) is 0 Å². The smallest absolute Gasteiger partial charge is 0.340 e. The summed E-state index contributed by atoms with van der Waals surface area (Å²) >= 11 is 0. The summed E-state index contributed by atoms with van der Waals surface area (Å²) in [4.78, 5) is 11.4. The molecule has 0 amide bonds. The van der Waals surface area contributed by atoms with E-state index in [-0.39, 0.29) is 23.6 Å². The lowest BCUT2D eigenvalue weighted by Gasteiger charge is -2.08. The predicted molar refractivity (Wildman–Crippen MR) is 53.3 cm³/mol. The lowest BCUT2D eigenvalue weighted by atomic mass is 10.1. The van der Waals surface area contributed by atoms with Gasteiger partial charge in [0.1, 0.15) is 0 Å². The Bertz CT molecular complexity index is 379. The van der Waals surface area contributed by atoms with Gasteiger partial charge in [-0.05, 0) is 13.0 Å². The molecular weight excluding hydrogens is 201 g/mol. The first kappa shape index (κ1) is 11.3. The van der Waals surface area contributed by atoms with Crippen LogP contribution in [0, 0.1) is 5.82 Å². The van der Waals surface area contributed by atoms with Crippen molar-refractivity contribution in [2.24, 2.45) is 0 Å². The van der Waals surface area contributed by atoms with Crippen LogP contribution < -0.4 is 10.5 Å². The van der Waals surface area contributed by atoms with Gasteiger partial charge in [-0.25, -0.2) is 9.18 Å². The molecule has 1 rings (SSSR count). The first-order valence-corrected chi connectivity index (χ1v) is 4.40. The minimum Gasteiger partial charge on any atom is -0.494 e. The second kappa shape index (κ2) is 4.63. The molecule has 0 aliphatic rings. The third-order valence-corrected chi connectivity index (χ3v) is 1.82. The Balaban J connectivity index is 3.12. The van der Waals surface area contributed by atoms with E-state index in [4.69, 9.17) is 15.2 Å². The monoisotopic (exact) mass is 213 g/mol. The molecule has 0 aliphatic heterocycles. The molecule has 0 radical (unpaired) electrons. The zero-order chi connectivity index (χ0) is 11.4. The van der Waals surface area contributed by atoms with Crippen LogP contribution in [-0.2, 0) is 4.74 Å². The summed E-state index contributed by atoms with van der Waals surface area (Å²) in [5.41, 5.74) is 5.62. The predicted octanol–water partition coefficient (Wildman–Crippen LogP) is 1.59. The van der Waals surface area contributed by atoms with E-state index in [1.54, 1.807) is 6.92 Å². The van der Waals surface area contributed by atoms with E-state index in [1.165, 1.54) is 13.2 Å². The van der Waals surface area contributed by atoms with Crippen molar-refractivity contribution in [3.05, 3.63) is 23.5 Å². The van der Waals surface area contributed by atoms with Crippen molar-refractivity contribution in [2.45, 2.75) is 6.92 Å². The molecule has 0 saturated heterocycles. The maximum Gasteiger partial charge on any atom is 0.340 e. The summed E-state index contributed by atoms with van der Waals surface area (Å²) in [6.07, 6.45) is 0. The van der Waals surface area contributed by atoms with Gasteiger partial charge in [-0.3, -0.25) is 0 Å². The van der Waals surface area contributed by atoms with Crippen LogP contribution >= 0.6 is 0 Å². The van der Waals surface area contributed by atoms with Gasteiger partial charge in [-0.2, -0.15) is 0 Å². The number of ether oxygens (including phenoxy) is 2. The molecule has 0 atom stereocenters. The summed E-state index contributed by atoms with van der Waals surface area (Å²) in [5.74, 6) is -1.23. The van der Waals surface area contributed by atoms with Crippen LogP contribution in [0.2, 0.25) is 0 Å². The van der Waals surface area contributed by atoms with Gasteiger partial charge in [0.15, 0.2) is 11.6 Å². The summed E-state index contributed by atoms with van der Waals surface area (Å²) in [7, 11) is 1.31. The SMILES string of the molecule is CCOC(=O)c1cc(OC)c(F)cc1N. The Hall–Kier alpha value is -1.78. The van der Waals surface area contributed by atoms with E-state index in [2.05, 4.69) is 0 Å². The lowest BCUT2D eigenvalue weighted by Crippen LogP contribution is -2.09. The maximum absolute atomic E-state index is 13.1. The molecule has 0 aromatic heterocycles.